The predicted molar refractivity (Wildman–Crippen MR) is 99.5 cm³/mol. The monoisotopic (exact) mass is 349 g/mol. The number of nitrogens with one attached hydrogen (secondary N) is 1. The summed E-state index contributed by atoms with van der Waals surface area (Å²) in [6.07, 6.45) is 1.29. The van der Waals surface area contributed by atoms with Gasteiger partial charge >= 0.3 is 0 Å². The summed E-state index contributed by atoms with van der Waals surface area (Å²) in [5.74, 6) is 0.170. The first kappa shape index (κ1) is 16.6. The number of carbonyl (C=O) groups is 1. The summed E-state index contributed by atoms with van der Waals surface area (Å²) < 4.78 is 1.91. The topological polar surface area (TPSA) is 66.8 Å². The van der Waals surface area contributed by atoms with E-state index in [2.05, 4.69) is 27.4 Å². The van der Waals surface area contributed by atoms with Crippen LogP contribution in [0.4, 0.5) is 0 Å². The Balaban J connectivity index is 1.47. The molecule has 0 aliphatic carbocycles. The SMILES string of the molecule is Cc1cc(C)n(CCC(=O)N2CCc3[nH]nc(-c4ccccc4)c3C2)n1. The number of aromatic nitrogens is 4. The lowest BCUT2D eigenvalue weighted by atomic mass is 10.0. The Kier molecular flexibility index (Phi) is 4.32. The van der Waals surface area contributed by atoms with Crippen LogP contribution in [0.5, 0.6) is 0 Å². The zero-order chi connectivity index (χ0) is 18.1. The maximum Gasteiger partial charge on any atom is 0.224 e. The third-order valence-corrected chi connectivity index (χ3v) is 4.97. The van der Waals surface area contributed by atoms with Crippen LogP contribution in [-0.4, -0.2) is 37.3 Å². The van der Waals surface area contributed by atoms with Crippen LogP contribution in [0.15, 0.2) is 36.4 Å². The molecule has 6 heteroatoms. The highest BCUT2D eigenvalue weighted by Crippen LogP contribution is 2.28. The van der Waals surface area contributed by atoms with Crippen molar-refractivity contribution in [3.05, 3.63) is 59.0 Å². The smallest absolute Gasteiger partial charge is 0.224 e. The minimum absolute atomic E-state index is 0.170. The largest absolute Gasteiger partial charge is 0.338 e. The van der Waals surface area contributed by atoms with Crippen LogP contribution < -0.4 is 0 Å². The highest BCUT2D eigenvalue weighted by Gasteiger charge is 2.25. The molecular formula is C20H23N5O. The van der Waals surface area contributed by atoms with Gasteiger partial charge in [0.05, 0.1) is 11.4 Å². The molecule has 0 radical (unpaired) electrons. The molecule has 1 aliphatic heterocycles. The first-order chi connectivity index (χ1) is 12.6. The van der Waals surface area contributed by atoms with Crippen LogP contribution in [0.25, 0.3) is 11.3 Å². The first-order valence-corrected chi connectivity index (χ1v) is 9.02. The molecule has 3 heterocycles. The molecule has 26 heavy (non-hydrogen) atoms. The zero-order valence-electron chi connectivity index (χ0n) is 15.2. The minimum atomic E-state index is 0.170. The van der Waals surface area contributed by atoms with E-state index in [1.54, 1.807) is 0 Å². The maximum absolute atomic E-state index is 12.7. The van der Waals surface area contributed by atoms with E-state index in [0.717, 1.165) is 46.9 Å². The van der Waals surface area contributed by atoms with Crippen molar-refractivity contribution < 1.29 is 4.79 Å². The van der Waals surface area contributed by atoms with Gasteiger partial charge in [0, 0.05) is 55.0 Å². The van der Waals surface area contributed by atoms with Crippen molar-refractivity contribution in [2.45, 2.75) is 39.8 Å². The molecule has 2 aromatic heterocycles. The van der Waals surface area contributed by atoms with Gasteiger partial charge in [-0.1, -0.05) is 30.3 Å². The Morgan fingerprint density at radius 3 is 2.77 bits per heavy atom. The van der Waals surface area contributed by atoms with Crippen LogP contribution in [0.3, 0.4) is 0 Å². The van der Waals surface area contributed by atoms with Crippen molar-refractivity contribution in [2.24, 2.45) is 0 Å². The average Bonchev–Trinajstić information content (AvgIpc) is 3.22. The molecular weight excluding hydrogens is 326 g/mol. The van der Waals surface area contributed by atoms with E-state index in [1.807, 2.05) is 47.7 Å². The first-order valence-electron chi connectivity index (χ1n) is 9.02. The van der Waals surface area contributed by atoms with Gasteiger partial charge in [0.1, 0.15) is 0 Å². The second kappa shape index (κ2) is 6.78. The highest BCUT2D eigenvalue weighted by atomic mass is 16.2. The van der Waals surface area contributed by atoms with Crippen molar-refractivity contribution >= 4 is 5.91 Å². The molecule has 0 saturated heterocycles. The van der Waals surface area contributed by atoms with Gasteiger partial charge in [0.25, 0.3) is 0 Å². The summed E-state index contributed by atoms with van der Waals surface area (Å²) in [6.45, 7) is 5.97. The van der Waals surface area contributed by atoms with Gasteiger partial charge in [-0.05, 0) is 19.9 Å². The molecule has 4 rings (SSSR count). The number of nitrogens with zero attached hydrogens (tertiary/aromatic N) is 4. The van der Waals surface area contributed by atoms with Crippen molar-refractivity contribution in [3.63, 3.8) is 0 Å². The molecule has 1 amide bonds. The Bertz CT molecular complexity index is 925. The van der Waals surface area contributed by atoms with E-state index in [4.69, 9.17) is 0 Å². The van der Waals surface area contributed by atoms with Gasteiger partial charge in [-0.2, -0.15) is 10.2 Å². The van der Waals surface area contributed by atoms with E-state index in [-0.39, 0.29) is 5.91 Å². The van der Waals surface area contributed by atoms with Crippen molar-refractivity contribution in [1.29, 1.82) is 0 Å². The average molecular weight is 349 g/mol. The Morgan fingerprint density at radius 2 is 2.04 bits per heavy atom. The third-order valence-electron chi connectivity index (χ3n) is 4.97. The van der Waals surface area contributed by atoms with Crippen LogP contribution in [0.2, 0.25) is 0 Å². The van der Waals surface area contributed by atoms with E-state index < -0.39 is 0 Å². The molecule has 0 atom stereocenters. The molecule has 0 bridgehead atoms. The fraction of sp³-hybridized carbons (Fsp3) is 0.350. The van der Waals surface area contributed by atoms with Crippen molar-refractivity contribution in [1.82, 2.24) is 24.9 Å². The highest BCUT2D eigenvalue weighted by molar-refractivity contribution is 5.77. The van der Waals surface area contributed by atoms with E-state index in [9.17, 15) is 4.79 Å². The maximum atomic E-state index is 12.7. The normalized spacial score (nSPS) is 13.7. The molecule has 0 saturated carbocycles. The van der Waals surface area contributed by atoms with E-state index in [0.29, 0.717) is 19.5 Å². The second-order valence-corrected chi connectivity index (χ2v) is 6.86. The summed E-state index contributed by atoms with van der Waals surface area (Å²) in [5, 5.41) is 12.1. The van der Waals surface area contributed by atoms with Gasteiger partial charge < -0.3 is 4.90 Å². The van der Waals surface area contributed by atoms with Crippen LogP contribution in [0.1, 0.15) is 29.1 Å². The van der Waals surface area contributed by atoms with Gasteiger partial charge in [-0.15, -0.1) is 0 Å². The number of amides is 1. The van der Waals surface area contributed by atoms with Crippen molar-refractivity contribution in [3.8, 4) is 11.3 Å². The van der Waals surface area contributed by atoms with Gasteiger partial charge in [-0.25, -0.2) is 0 Å². The predicted octanol–water partition coefficient (Wildman–Crippen LogP) is 2.87. The van der Waals surface area contributed by atoms with Gasteiger partial charge in [0.15, 0.2) is 0 Å². The number of rotatable bonds is 4. The number of hydrogen-bond acceptors (Lipinski definition) is 3. The molecule has 3 aromatic rings. The fourth-order valence-electron chi connectivity index (χ4n) is 3.60. The van der Waals surface area contributed by atoms with E-state index >= 15 is 0 Å². The number of hydrogen-bond donors (Lipinski definition) is 1. The number of fused-ring (bicyclic) bond motifs is 1. The van der Waals surface area contributed by atoms with Crippen molar-refractivity contribution in [2.75, 3.05) is 6.54 Å². The molecule has 1 aliphatic rings. The molecule has 1 aromatic carbocycles. The number of aryl methyl sites for hydroxylation is 3. The van der Waals surface area contributed by atoms with Crippen LogP contribution in [0, 0.1) is 13.8 Å². The number of H-pyrrole nitrogens is 1. The fourth-order valence-corrected chi connectivity index (χ4v) is 3.60. The molecule has 1 N–H and O–H groups in total. The summed E-state index contributed by atoms with van der Waals surface area (Å²) in [7, 11) is 0. The van der Waals surface area contributed by atoms with Gasteiger partial charge in [0.2, 0.25) is 5.91 Å². The molecule has 6 nitrogen and oxygen atoms in total. The number of benzene rings is 1. The van der Waals surface area contributed by atoms with E-state index in [1.165, 1.54) is 0 Å². The van der Waals surface area contributed by atoms with Crippen LogP contribution in [-0.2, 0) is 24.3 Å². The zero-order valence-corrected chi connectivity index (χ0v) is 15.2. The lowest BCUT2D eigenvalue weighted by molar-refractivity contribution is -0.132. The lowest BCUT2D eigenvalue weighted by Crippen LogP contribution is -2.36. The number of carbonyl (C=O) groups excluding carboxylic acids is 1. The second-order valence-electron chi connectivity index (χ2n) is 6.86. The lowest BCUT2D eigenvalue weighted by Gasteiger charge is -2.27. The molecule has 134 valence electrons. The Morgan fingerprint density at radius 1 is 1.23 bits per heavy atom. The summed E-state index contributed by atoms with van der Waals surface area (Å²) in [4.78, 5) is 14.7. The Labute approximate surface area is 152 Å². The van der Waals surface area contributed by atoms with Crippen LogP contribution >= 0.6 is 0 Å². The molecule has 0 unspecified atom stereocenters. The molecule has 0 fully saturated rings. The third kappa shape index (κ3) is 3.14. The quantitative estimate of drug-likeness (QED) is 0.787. The number of aromatic amines is 1. The standard InChI is InChI=1S/C20H23N5O/c1-14-12-15(2)25(23-14)11-9-19(26)24-10-8-18-17(13-24)20(22-21-18)16-6-4-3-5-7-16/h3-7,12H,8-11,13H2,1-2H3,(H,21,22). The Hall–Kier alpha value is -2.89. The summed E-state index contributed by atoms with van der Waals surface area (Å²) in [5.41, 5.74) is 6.41. The summed E-state index contributed by atoms with van der Waals surface area (Å²) in [6, 6.07) is 12.2. The van der Waals surface area contributed by atoms with Gasteiger partial charge in [-0.3, -0.25) is 14.6 Å². The minimum Gasteiger partial charge on any atom is -0.338 e. The molecule has 0 spiro atoms. The summed E-state index contributed by atoms with van der Waals surface area (Å²) >= 11 is 0.